The first kappa shape index (κ1) is 13.5. The molecule has 1 atom stereocenters. The highest BCUT2D eigenvalue weighted by Gasteiger charge is 2.26. The van der Waals surface area contributed by atoms with Gasteiger partial charge in [0, 0.05) is 19.2 Å². The monoisotopic (exact) mass is 267 g/mol. The summed E-state index contributed by atoms with van der Waals surface area (Å²) in [5, 5.41) is 9.50. The summed E-state index contributed by atoms with van der Waals surface area (Å²) >= 11 is 0. The Hall–Kier alpha value is -1.89. The van der Waals surface area contributed by atoms with Gasteiger partial charge in [-0.2, -0.15) is 0 Å². The Labute approximate surface area is 109 Å². The Kier molecular flexibility index (Phi) is 3.84. The molecule has 0 saturated carbocycles. The lowest BCUT2D eigenvalue weighted by Crippen LogP contribution is -2.42. The van der Waals surface area contributed by atoms with E-state index in [2.05, 4.69) is 4.98 Å². The molecule has 7 heteroatoms. The normalized spacial score (nSPS) is 18.3. The Balaban J connectivity index is 2.09. The topological polar surface area (TPSA) is 106 Å². The van der Waals surface area contributed by atoms with E-state index in [-0.39, 0.29) is 23.6 Å². The van der Waals surface area contributed by atoms with Crippen LogP contribution in [0, 0.1) is 5.92 Å². The minimum absolute atomic E-state index is 0.00393. The van der Waals surface area contributed by atoms with Crippen LogP contribution in [-0.2, 0) is 0 Å². The Bertz CT molecular complexity index is 539. The second kappa shape index (κ2) is 5.40. The van der Waals surface area contributed by atoms with Crippen molar-refractivity contribution >= 4 is 5.91 Å². The molecule has 1 saturated heterocycles. The maximum absolute atomic E-state index is 12.1. The number of carbonyl (C=O) groups is 1. The number of rotatable bonds is 2. The Morgan fingerprint density at radius 3 is 2.53 bits per heavy atom. The van der Waals surface area contributed by atoms with E-state index in [1.807, 2.05) is 4.98 Å². The van der Waals surface area contributed by atoms with Gasteiger partial charge in [0.15, 0.2) is 0 Å². The molecule has 1 amide bonds. The number of nitrogens with zero attached hydrogens (tertiary/aromatic N) is 1. The quantitative estimate of drug-likeness (QED) is 0.658. The standard InChI is InChI=1S/C12H17N3O4/c1-7(16)8-2-4-15(5-3-8)11(18)9-6-10(17)14-12(19)13-9/h6-8,16H,2-5H2,1H3,(H2,13,14,17,19). The zero-order valence-electron chi connectivity index (χ0n) is 10.7. The number of aromatic amines is 2. The second-order valence-electron chi connectivity index (χ2n) is 4.87. The van der Waals surface area contributed by atoms with Crippen LogP contribution in [0.3, 0.4) is 0 Å². The summed E-state index contributed by atoms with van der Waals surface area (Å²) in [5.74, 6) is -0.158. The molecule has 7 nitrogen and oxygen atoms in total. The van der Waals surface area contributed by atoms with E-state index < -0.39 is 11.2 Å². The number of aromatic nitrogens is 2. The molecule has 1 aromatic heterocycles. The van der Waals surface area contributed by atoms with Crippen molar-refractivity contribution in [2.45, 2.75) is 25.9 Å². The summed E-state index contributed by atoms with van der Waals surface area (Å²) in [6, 6.07) is 1.09. The zero-order valence-corrected chi connectivity index (χ0v) is 10.7. The second-order valence-corrected chi connectivity index (χ2v) is 4.87. The number of carbonyl (C=O) groups excluding carboxylic acids is 1. The van der Waals surface area contributed by atoms with Crippen molar-refractivity contribution in [1.82, 2.24) is 14.9 Å². The lowest BCUT2D eigenvalue weighted by molar-refractivity contribution is 0.0516. The lowest BCUT2D eigenvalue weighted by atomic mass is 9.92. The van der Waals surface area contributed by atoms with E-state index in [0.29, 0.717) is 13.1 Å². The third kappa shape index (κ3) is 3.11. The summed E-state index contributed by atoms with van der Waals surface area (Å²) in [4.78, 5) is 40.3. The van der Waals surface area contributed by atoms with Crippen molar-refractivity contribution in [3.8, 4) is 0 Å². The van der Waals surface area contributed by atoms with Gasteiger partial charge in [0.25, 0.3) is 11.5 Å². The number of hydrogen-bond donors (Lipinski definition) is 3. The molecule has 3 N–H and O–H groups in total. The van der Waals surface area contributed by atoms with Gasteiger partial charge in [-0.3, -0.25) is 14.6 Å². The van der Waals surface area contributed by atoms with Gasteiger partial charge in [-0.05, 0) is 25.7 Å². The molecule has 1 aliphatic heterocycles. The van der Waals surface area contributed by atoms with Crippen molar-refractivity contribution in [2.24, 2.45) is 5.92 Å². The van der Waals surface area contributed by atoms with Gasteiger partial charge in [0.1, 0.15) is 5.69 Å². The van der Waals surface area contributed by atoms with Crippen LogP contribution in [0.25, 0.3) is 0 Å². The maximum atomic E-state index is 12.1. The molecule has 1 aliphatic rings. The predicted molar refractivity (Wildman–Crippen MR) is 68.0 cm³/mol. The largest absolute Gasteiger partial charge is 0.393 e. The fourth-order valence-electron chi connectivity index (χ4n) is 2.34. The average molecular weight is 267 g/mol. The number of amides is 1. The number of hydrogen-bond acceptors (Lipinski definition) is 4. The Morgan fingerprint density at radius 2 is 2.00 bits per heavy atom. The van der Waals surface area contributed by atoms with Gasteiger partial charge in [-0.1, -0.05) is 0 Å². The number of nitrogens with one attached hydrogen (secondary N) is 2. The summed E-state index contributed by atoms with van der Waals surface area (Å²) in [5.41, 5.74) is -1.27. The third-order valence-electron chi connectivity index (χ3n) is 3.50. The highest BCUT2D eigenvalue weighted by Crippen LogP contribution is 2.21. The van der Waals surface area contributed by atoms with Gasteiger partial charge in [-0.15, -0.1) is 0 Å². The van der Waals surface area contributed by atoms with Crippen LogP contribution in [-0.4, -0.2) is 45.1 Å². The minimum Gasteiger partial charge on any atom is -0.393 e. The van der Waals surface area contributed by atoms with Gasteiger partial charge >= 0.3 is 5.69 Å². The molecule has 1 aromatic rings. The lowest BCUT2D eigenvalue weighted by Gasteiger charge is -2.33. The summed E-state index contributed by atoms with van der Waals surface area (Å²) in [7, 11) is 0. The molecule has 0 radical (unpaired) electrons. The van der Waals surface area contributed by atoms with Crippen molar-refractivity contribution in [3.63, 3.8) is 0 Å². The van der Waals surface area contributed by atoms with Crippen LogP contribution in [0.2, 0.25) is 0 Å². The Morgan fingerprint density at radius 1 is 1.37 bits per heavy atom. The molecule has 104 valence electrons. The molecule has 19 heavy (non-hydrogen) atoms. The van der Waals surface area contributed by atoms with Crippen LogP contribution in [0.1, 0.15) is 30.3 Å². The first-order chi connectivity index (χ1) is 8.97. The van der Waals surface area contributed by atoms with Crippen molar-refractivity contribution in [3.05, 3.63) is 32.6 Å². The smallest absolute Gasteiger partial charge is 0.326 e. The van der Waals surface area contributed by atoms with Crippen LogP contribution in [0.4, 0.5) is 0 Å². The summed E-state index contributed by atoms with van der Waals surface area (Å²) in [6.45, 7) is 2.78. The van der Waals surface area contributed by atoms with E-state index in [1.165, 1.54) is 0 Å². The number of likely N-dealkylation sites (tertiary alicyclic amines) is 1. The van der Waals surface area contributed by atoms with Gasteiger partial charge in [0.2, 0.25) is 0 Å². The first-order valence-corrected chi connectivity index (χ1v) is 6.28. The van der Waals surface area contributed by atoms with E-state index in [9.17, 15) is 19.5 Å². The third-order valence-corrected chi connectivity index (χ3v) is 3.50. The predicted octanol–water partition coefficient (Wildman–Crippen LogP) is -0.704. The molecule has 2 heterocycles. The highest BCUT2D eigenvalue weighted by molar-refractivity contribution is 5.92. The van der Waals surface area contributed by atoms with Crippen molar-refractivity contribution in [1.29, 1.82) is 0 Å². The SMILES string of the molecule is CC(O)C1CCN(C(=O)c2cc(=O)[nH]c(=O)[nH]2)CC1. The summed E-state index contributed by atoms with van der Waals surface area (Å²) < 4.78 is 0. The zero-order chi connectivity index (χ0) is 14.0. The fraction of sp³-hybridized carbons (Fsp3) is 0.583. The first-order valence-electron chi connectivity index (χ1n) is 6.28. The van der Waals surface area contributed by atoms with Crippen LogP contribution < -0.4 is 11.2 Å². The molecule has 2 rings (SSSR count). The van der Waals surface area contributed by atoms with Crippen molar-refractivity contribution in [2.75, 3.05) is 13.1 Å². The molecule has 1 fully saturated rings. The van der Waals surface area contributed by atoms with Gasteiger partial charge in [-0.25, -0.2) is 4.79 Å². The van der Waals surface area contributed by atoms with E-state index in [1.54, 1.807) is 11.8 Å². The van der Waals surface area contributed by atoms with Gasteiger partial charge < -0.3 is 15.0 Å². The van der Waals surface area contributed by atoms with Crippen LogP contribution >= 0.6 is 0 Å². The number of aliphatic hydroxyl groups excluding tert-OH is 1. The molecular weight excluding hydrogens is 250 g/mol. The molecule has 1 unspecified atom stereocenters. The molecule has 0 aliphatic carbocycles. The number of piperidine rings is 1. The molecule has 0 spiro atoms. The van der Waals surface area contributed by atoms with Gasteiger partial charge in [0.05, 0.1) is 6.10 Å². The van der Waals surface area contributed by atoms with E-state index >= 15 is 0 Å². The highest BCUT2D eigenvalue weighted by atomic mass is 16.3. The van der Waals surface area contributed by atoms with Crippen molar-refractivity contribution < 1.29 is 9.90 Å². The number of H-pyrrole nitrogens is 2. The molecular formula is C12H17N3O4. The van der Waals surface area contributed by atoms with Crippen LogP contribution in [0.15, 0.2) is 15.7 Å². The van der Waals surface area contributed by atoms with E-state index in [4.69, 9.17) is 0 Å². The average Bonchev–Trinajstić information content (AvgIpc) is 2.37. The molecule has 0 bridgehead atoms. The molecule has 0 aromatic carbocycles. The maximum Gasteiger partial charge on any atom is 0.326 e. The van der Waals surface area contributed by atoms with Crippen LogP contribution in [0.5, 0.6) is 0 Å². The minimum atomic E-state index is -0.685. The summed E-state index contributed by atoms with van der Waals surface area (Å²) in [6.07, 6.45) is 1.06. The fourth-order valence-corrected chi connectivity index (χ4v) is 2.34. The van der Waals surface area contributed by atoms with E-state index in [0.717, 1.165) is 18.9 Å². The number of aliphatic hydroxyl groups is 1.